The van der Waals surface area contributed by atoms with Crippen LogP contribution in [0.15, 0.2) is 33.9 Å². The Labute approximate surface area is 185 Å². The lowest BCUT2D eigenvalue weighted by Crippen LogP contribution is -2.32. The van der Waals surface area contributed by atoms with E-state index in [9.17, 15) is 29.4 Å². The van der Waals surface area contributed by atoms with Crippen LogP contribution in [0, 0.1) is 6.92 Å². The van der Waals surface area contributed by atoms with Gasteiger partial charge in [0.25, 0.3) is 11.1 Å². The zero-order valence-corrected chi connectivity index (χ0v) is 17.7. The summed E-state index contributed by atoms with van der Waals surface area (Å²) in [6.07, 6.45) is -0.436. The minimum atomic E-state index is -1.26. The number of carbonyl (C=O) groups is 2. The molecule has 3 aromatic rings. The topological polar surface area (TPSA) is 157 Å². The second-order valence-electron chi connectivity index (χ2n) is 7.55. The van der Waals surface area contributed by atoms with E-state index in [1.54, 1.807) is 12.1 Å². The average molecular weight is 456 g/mol. The number of esters is 1. The summed E-state index contributed by atoms with van der Waals surface area (Å²) in [4.78, 5) is 52.3. The summed E-state index contributed by atoms with van der Waals surface area (Å²) in [6, 6.07) is 5.95. The maximum atomic E-state index is 13.2. The quantitative estimate of drug-likeness (QED) is 0.464. The van der Waals surface area contributed by atoms with Crippen LogP contribution in [0.25, 0.3) is 10.9 Å². The molecule has 0 radical (unpaired) electrons. The molecule has 0 fully saturated rings. The van der Waals surface area contributed by atoms with Gasteiger partial charge in [0, 0.05) is 28.6 Å². The van der Waals surface area contributed by atoms with Gasteiger partial charge in [0.1, 0.15) is 12.3 Å². The Morgan fingerprint density at radius 3 is 2.55 bits per heavy atom. The summed E-state index contributed by atoms with van der Waals surface area (Å²) in [5.74, 6) is -2.73. The number of ether oxygens (including phenoxy) is 3. The van der Waals surface area contributed by atoms with Gasteiger partial charge in [-0.15, -0.1) is 0 Å². The molecule has 0 saturated heterocycles. The number of hydrogen-bond donors (Lipinski definition) is 3. The van der Waals surface area contributed by atoms with Crippen molar-refractivity contribution < 1.29 is 34.0 Å². The van der Waals surface area contributed by atoms with Gasteiger partial charge in [-0.3, -0.25) is 19.2 Å². The van der Waals surface area contributed by atoms with Gasteiger partial charge >= 0.3 is 11.9 Å². The van der Waals surface area contributed by atoms with Crippen LogP contribution in [0.2, 0.25) is 0 Å². The summed E-state index contributed by atoms with van der Waals surface area (Å²) in [7, 11) is 1.16. The number of aromatic nitrogens is 2. The Balaban J connectivity index is 1.95. The van der Waals surface area contributed by atoms with Gasteiger partial charge < -0.3 is 34.0 Å². The number of aromatic amines is 1. The van der Waals surface area contributed by atoms with E-state index in [1.165, 1.54) is 19.1 Å². The number of pyridine rings is 2. The number of carbonyl (C=O) groups excluding carboxylic acids is 1. The number of aryl methyl sites for hydroxylation is 1. The normalized spacial score (nSPS) is 13.2. The summed E-state index contributed by atoms with van der Waals surface area (Å²) in [5, 5.41) is 20.3. The number of methoxy groups -OCH3 is 1. The predicted octanol–water partition coefficient (Wildman–Crippen LogP) is 1.21. The SMILES string of the molecule is COC(=O)C[C@H](c1cc2cc3c(cc2[nH]c1=O)OCO3)c1c(O)cc(C)n(CC(=O)O)c1=O. The molecule has 1 aromatic carbocycles. The van der Waals surface area contributed by atoms with E-state index in [0.29, 0.717) is 22.4 Å². The first-order valence-electron chi connectivity index (χ1n) is 9.88. The number of nitrogens with zero attached hydrogens (tertiary/aromatic N) is 1. The maximum Gasteiger partial charge on any atom is 0.323 e. The summed E-state index contributed by atoms with van der Waals surface area (Å²) in [6.45, 7) is 0.850. The molecule has 0 aliphatic carbocycles. The fourth-order valence-corrected chi connectivity index (χ4v) is 3.92. The van der Waals surface area contributed by atoms with E-state index in [4.69, 9.17) is 14.2 Å². The van der Waals surface area contributed by atoms with Gasteiger partial charge in [0.15, 0.2) is 11.5 Å². The Morgan fingerprint density at radius 2 is 1.88 bits per heavy atom. The zero-order chi connectivity index (χ0) is 23.9. The van der Waals surface area contributed by atoms with E-state index in [1.807, 2.05) is 0 Å². The molecule has 11 nitrogen and oxygen atoms in total. The lowest BCUT2D eigenvalue weighted by Gasteiger charge is -2.19. The highest BCUT2D eigenvalue weighted by molar-refractivity contribution is 5.84. The minimum Gasteiger partial charge on any atom is -0.507 e. The third-order valence-electron chi connectivity index (χ3n) is 5.50. The Hall–Kier alpha value is -4.28. The van der Waals surface area contributed by atoms with Crippen molar-refractivity contribution in [2.45, 2.75) is 25.8 Å². The molecule has 1 aliphatic heterocycles. The molecule has 4 rings (SSSR count). The second kappa shape index (κ2) is 8.34. The fourth-order valence-electron chi connectivity index (χ4n) is 3.92. The summed E-state index contributed by atoms with van der Waals surface area (Å²) in [5.41, 5.74) is -1.03. The first-order chi connectivity index (χ1) is 15.7. The molecule has 172 valence electrons. The highest BCUT2D eigenvalue weighted by Gasteiger charge is 2.29. The first kappa shape index (κ1) is 21.9. The number of carboxylic acids is 1. The van der Waals surface area contributed by atoms with Crippen molar-refractivity contribution in [3.05, 3.63) is 61.8 Å². The van der Waals surface area contributed by atoms with Crippen LogP contribution in [0.3, 0.4) is 0 Å². The van der Waals surface area contributed by atoms with E-state index in [2.05, 4.69) is 4.98 Å². The highest BCUT2D eigenvalue weighted by Crippen LogP contribution is 2.37. The van der Waals surface area contributed by atoms with Gasteiger partial charge in [0.2, 0.25) is 6.79 Å². The summed E-state index contributed by atoms with van der Waals surface area (Å²) >= 11 is 0. The van der Waals surface area contributed by atoms with Crippen molar-refractivity contribution in [3.8, 4) is 17.2 Å². The van der Waals surface area contributed by atoms with Crippen molar-refractivity contribution in [3.63, 3.8) is 0 Å². The maximum absolute atomic E-state index is 13.2. The van der Waals surface area contributed by atoms with Gasteiger partial charge in [-0.1, -0.05) is 0 Å². The standard InChI is InChI=1S/C22H20N2O9/c1-10-3-15(25)20(22(30)24(10)8-18(26)27)12(6-19(28)31-2)13-4-11-5-16-17(33-9-32-16)7-14(11)23-21(13)29/h3-5,7,12,25H,6,8-9H2,1-2H3,(H,23,29)(H,26,27)/t12-/m1/s1. The molecule has 0 saturated carbocycles. The lowest BCUT2D eigenvalue weighted by atomic mass is 9.88. The molecule has 0 bridgehead atoms. The Kier molecular flexibility index (Phi) is 5.54. The third-order valence-corrected chi connectivity index (χ3v) is 5.50. The van der Waals surface area contributed by atoms with Crippen LogP contribution in [0.5, 0.6) is 17.2 Å². The average Bonchev–Trinajstić information content (AvgIpc) is 3.20. The van der Waals surface area contributed by atoms with E-state index in [-0.39, 0.29) is 23.6 Å². The third kappa shape index (κ3) is 4.00. The van der Waals surface area contributed by atoms with Crippen LogP contribution in [0.1, 0.15) is 29.2 Å². The molecule has 1 atom stereocenters. The largest absolute Gasteiger partial charge is 0.507 e. The lowest BCUT2D eigenvalue weighted by molar-refractivity contribution is -0.141. The van der Waals surface area contributed by atoms with Gasteiger partial charge in [-0.2, -0.15) is 0 Å². The number of fused-ring (bicyclic) bond motifs is 2. The van der Waals surface area contributed by atoms with E-state index >= 15 is 0 Å². The molecule has 3 N–H and O–H groups in total. The predicted molar refractivity (Wildman–Crippen MR) is 114 cm³/mol. The molecule has 3 heterocycles. The molecule has 11 heteroatoms. The van der Waals surface area contributed by atoms with E-state index in [0.717, 1.165) is 11.7 Å². The van der Waals surface area contributed by atoms with Crippen molar-refractivity contribution in [1.82, 2.24) is 9.55 Å². The van der Waals surface area contributed by atoms with Gasteiger partial charge in [0.05, 0.1) is 24.6 Å². The molecule has 0 unspecified atom stereocenters. The van der Waals surface area contributed by atoms with Gasteiger partial charge in [-0.05, 0) is 25.1 Å². The van der Waals surface area contributed by atoms with Crippen LogP contribution >= 0.6 is 0 Å². The number of aromatic hydroxyl groups is 1. The monoisotopic (exact) mass is 456 g/mol. The highest BCUT2D eigenvalue weighted by atomic mass is 16.7. The fraction of sp³-hybridized carbons (Fsp3) is 0.273. The molecule has 0 spiro atoms. The Morgan fingerprint density at radius 1 is 1.18 bits per heavy atom. The number of H-pyrrole nitrogens is 1. The molecular weight excluding hydrogens is 436 g/mol. The smallest absolute Gasteiger partial charge is 0.323 e. The van der Waals surface area contributed by atoms with Crippen molar-refractivity contribution in [1.29, 1.82) is 0 Å². The minimum absolute atomic E-state index is 0.0184. The van der Waals surface area contributed by atoms with E-state index < -0.39 is 47.7 Å². The molecular formula is C22H20N2O9. The molecule has 2 aromatic heterocycles. The van der Waals surface area contributed by atoms with Crippen LogP contribution in [0.4, 0.5) is 0 Å². The van der Waals surface area contributed by atoms with Crippen molar-refractivity contribution >= 4 is 22.8 Å². The number of rotatable bonds is 6. The molecule has 1 aliphatic rings. The number of benzene rings is 1. The van der Waals surface area contributed by atoms with Crippen LogP contribution < -0.4 is 20.6 Å². The van der Waals surface area contributed by atoms with Crippen LogP contribution in [-0.4, -0.2) is 45.6 Å². The number of carboxylic acid groups (broad SMARTS) is 1. The first-order valence-corrected chi connectivity index (χ1v) is 9.88. The van der Waals surface area contributed by atoms with Crippen molar-refractivity contribution in [2.24, 2.45) is 0 Å². The summed E-state index contributed by atoms with van der Waals surface area (Å²) < 4.78 is 16.4. The molecule has 0 amide bonds. The number of hydrogen-bond acceptors (Lipinski definition) is 8. The second-order valence-corrected chi connectivity index (χ2v) is 7.55. The van der Waals surface area contributed by atoms with Crippen LogP contribution in [-0.2, 0) is 20.9 Å². The molecule has 33 heavy (non-hydrogen) atoms. The van der Waals surface area contributed by atoms with Gasteiger partial charge in [-0.25, -0.2) is 0 Å². The number of aliphatic carboxylic acids is 1. The van der Waals surface area contributed by atoms with Crippen molar-refractivity contribution in [2.75, 3.05) is 13.9 Å². The number of nitrogens with one attached hydrogen (secondary N) is 1. The zero-order valence-electron chi connectivity index (χ0n) is 17.7. The Bertz CT molecular complexity index is 1400.